The van der Waals surface area contributed by atoms with Crippen molar-refractivity contribution in [3.63, 3.8) is 0 Å². The molecule has 0 saturated carbocycles. The number of hydrogen-bond donors (Lipinski definition) is 1. The molecule has 2 heterocycles. The van der Waals surface area contributed by atoms with Gasteiger partial charge in [-0.1, -0.05) is 15.9 Å². The molecule has 138 valence electrons. The predicted molar refractivity (Wildman–Crippen MR) is 99.3 cm³/mol. The van der Waals surface area contributed by atoms with Gasteiger partial charge in [-0.05, 0) is 48.5 Å². The van der Waals surface area contributed by atoms with Crippen LogP contribution in [0.5, 0.6) is 5.75 Å². The van der Waals surface area contributed by atoms with Crippen molar-refractivity contribution in [3.8, 4) is 5.75 Å². The Morgan fingerprint density at radius 2 is 1.85 bits per heavy atom. The van der Waals surface area contributed by atoms with Crippen LogP contribution in [0.1, 0.15) is 5.56 Å². The second kappa shape index (κ2) is 7.68. The summed E-state index contributed by atoms with van der Waals surface area (Å²) in [5.74, 6) is 1.76. The SMILES string of the molecule is COc1ccc(C2(O)C[N+]3=C(COCC3)N2c2ccc(Br)cc2)cc1.[Br-]. The van der Waals surface area contributed by atoms with E-state index in [-0.39, 0.29) is 17.0 Å². The number of methoxy groups -OCH3 is 1. The smallest absolute Gasteiger partial charge is 0.281 e. The van der Waals surface area contributed by atoms with Crippen molar-refractivity contribution >= 4 is 27.5 Å². The van der Waals surface area contributed by atoms with E-state index in [1.807, 2.05) is 53.4 Å². The van der Waals surface area contributed by atoms with Crippen LogP contribution < -0.4 is 26.6 Å². The van der Waals surface area contributed by atoms with Crippen molar-refractivity contribution < 1.29 is 36.1 Å². The van der Waals surface area contributed by atoms with Gasteiger partial charge in [-0.15, -0.1) is 0 Å². The molecule has 26 heavy (non-hydrogen) atoms. The Morgan fingerprint density at radius 1 is 1.15 bits per heavy atom. The maximum atomic E-state index is 11.7. The van der Waals surface area contributed by atoms with Gasteiger partial charge in [0, 0.05) is 10.0 Å². The zero-order chi connectivity index (χ0) is 17.4. The lowest BCUT2D eigenvalue weighted by Gasteiger charge is -2.28. The van der Waals surface area contributed by atoms with Crippen LogP contribution in [0.3, 0.4) is 0 Å². The molecule has 0 aromatic heterocycles. The molecule has 2 aromatic rings. The van der Waals surface area contributed by atoms with E-state index in [0.717, 1.165) is 33.9 Å². The zero-order valence-electron chi connectivity index (χ0n) is 14.4. The molecule has 1 N–H and O–H groups in total. The van der Waals surface area contributed by atoms with Crippen LogP contribution >= 0.6 is 15.9 Å². The molecule has 4 rings (SSSR count). The molecule has 0 spiro atoms. The van der Waals surface area contributed by atoms with E-state index in [1.54, 1.807) is 7.11 Å². The second-order valence-corrected chi connectivity index (χ2v) is 7.16. The molecule has 7 heteroatoms. The Kier molecular flexibility index (Phi) is 5.72. The number of rotatable bonds is 3. The number of ether oxygens (including phenoxy) is 2. The molecule has 2 aromatic carbocycles. The van der Waals surface area contributed by atoms with Crippen molar-refractivity contribution in [2.45, 2.75) is 5.72 Å². The number of nitrogens with zero attached hydrogens (tertiary/aromatic N) is 2. The van der Waals surface area contributed by atoms with Gasteiger partial charge in [0.1, 0.15) is 24.6 Å². The summed E-state index contributed by atoms with van der Waals surface area (Å²) in [6, 6.07) is 15.6. The first kappa shape index (κ1) is 19.4. The van der Waals surface area contributed by atoms with Gasteiger partial charge in [0.05, 0.1) is 13.7 Å². The third-order valence-electron chi connectivity index (χ3n) is 4.78. The number of amidine groups is 1. The molecule has 0 aliphatic carbocycles. The van der Waals surface area contributed by atoms with Crippen molar-refractivity contribution in [1.29, 1.82) is 0 Å². The van der Waals surface area contributed by atoms with Crippen LogP contribution in [0.4, 0.5) is 5.69 Å². The Morgan fingerprint density at radius 3 is 2.50 bits per heavy atom. The lowest BCUT2D eigenvalue weighted by Crippen LogP contribution is -3.00. The van der Waals surface area contributed by atoms with Crippen LogP contribution in [-0.4, -0.2) is 48.9 Å². The van der Waals surface area contributed by atoms with Gasteiger partial charge in [0.2, 0.25) is 0 Å². The highest BCUT2D eigenvalue weighted by atomic mass is 79.9. The number of halogens is 2. The van der Waals surface area contributed by atoms with E-state index in [4.69, 9.17) is 9.47 Å². The minimum Gasteiger partial charge on any atom is -1.00 e. The molecule has 2 aliphatic rings. The first-order valence-electron chi connectivity index (χ1n) is 8.23. The highest BCUT2D eigenvalue weighted by molar-refractivity contribution is 9.10. The molecule has 0 radical (unpaired) electrons. The van der Waals surface area contributed by atoms with Gasteiger partial charge in [0.25, 0.3) is 11.6 Å². The highest BCUT2D eigenvalue weighted by Crippen LogP contribution is 2.37. The van der Waals surface area contributed by atoms with E-state index in [9.17, 15) is 5.11 Å². The van der Waals surface area contributed by atoms with Crippen LogP contribution in [0.2, 0.25) is 0 Å². The maximum Gasteiger partial charge on any atom is 0.281 e. The van der Waals surface area contributed by atoms with Gasteiger partial charge < -0.3 is 31.6 Å². The van der Waals surface area contributed by atoms with Crippen LogP contribution in [-0.2, 0) is 10.5 Å². The van der Waals surface area contributed by atoms with Crippen LogP contribution in [0.25, 0.3) is 0 Å². The first-order valence-corrected chi connectivity index (χ1v) is 9.02. The third kappa shape index (κ3) is 3.29. The fourth-order valence-corrected chi connectivity index (χ4v) is 3.78. The largest absolute Gasteiger partial charge is 1.00 e. The number of benzene rings is 2. The Hall–Kier alpha value is -1.41. The zero-order valence-corrected chi connectivity index (χ0v) is 17.5. The van der Waals surface area contributed by atoms with E-state index in [0.29, 0.717) is 19.8 Å². The monoisotopic (exact) mass is 482 g/mol. The predicted octanol–water partition coefficient (Wildman–Crippen LogP) is -0.432. The minimum atomic E-state index is -1.15. The summed E-state index contributed by atoms with van der Waals surface area (Å²) in [4.78, 5) is 1.99. The van der Waals surface area contributed by atoms with E-state index < -0.39 is 5.72 Å². The topological polar surface area (TPSA) is 44.9 Å². The standard InChI is InChI=1S/C19H20BrN2O3.BrH/c1-24-17-8-2-14(3-9-17)19(23)13-21-10-11-25-12-18(21)22(19)16-6-4-15(20)5-7-16;/h2-9,23H,10-13H2,1H3;1H/q+1;/p-1. The number of hydrogen-bond acceptors (Lipinski definition) is 4. The molecule has 0 bridgehead atoms. The summed E-state index contributed by atoms with van der Waals surface area (Å²) in [5, 5.41) is 11.7. The van der Waals surface area contributed by atoms with Crippen LogP contribution in [0.15, 0.2) is 53.0 Å². The Labute approximate surface area is 171 Å². The quantitative estimate of drug-likeness (QED) is 0.602. The molecule has 0 saturated heterocycles. The lowest BCUT2D eigenvalue weighted by molar-refractivity contribution is -0.543. The summed E-state index contributed by atoms with van der Waals surface area (Å²) < 4.78 is 14.1. The third-order valence-corrected chi connectivity index (χ3v) is 5.31. The minimum absolute atomic E-state index is 0. The van der Waals surface area contributed by atoms with E-state index >= 15 is 0 Å². The fourth-order valence-electron chi connectivity index (χ4n) is 3.52. The molecular formula is C19H20Br2N2O3. The van der Waals surface area contributed by atoms with Crippen molar-refractivity contribution in [2.24, 2.45) is 0 Å². The van der Waals surface area contributed by atoms with Crippen molar-refractivity contribution in [2.75, 3.05) is 38.3 Å². The molecule has 0 fully saturated rings. The normalized spacial score (nSPS) is 22.0. The average Bonchev–Trinajstić information content (AvgIpc) is 2.96. The Balaban J connectivity index is 0.00000196. The summed E-state index contributed by atoms with van der Waals surface area (Å²) in [5.41, 5.74) is 0.617. The van der Waals surface area contributed by atoms with Gasteiger partial charge in [-0.25, -0.2) is 0 Å². The van der Waals surface area contributed by atoms with Gasteiger partial charge in [-0.3, -0.25) is 4.58 Å². The lowest BCUT2D eigenvalue weighted by atomic mass is 10.0. The summed E-state index contributed by atoms with van der Waals surface area (Å²) >= 11 is 3.48. The van der Waals surface area contributed by atoms with Crippen LogP contribution in [0, 0.1) is 0 Å². The fraction of sp³-hybridized carbons (Fsp3) is 0.316. The second-order valence-electron chi connectivity index (χ2n) is 6.25. The average molecular weight is 484 g/mol. The maximum absolute atomic E-state index is 11.7. The molecule has 1 unspecified atom stereocenters. The van der Waals surface area contributed by atoms with E-state index in [1.165, 1.54) is 0 Å². The molecule has 2 aliphatic heterocycles. The Bertz CT molecular complexity index is 809. The van der Waals surface area contributed by atoms with Gasteiger partial charge >= 0.3 is 0 Å². The molecule has 5 nitrogen and oxygen atoms in total. The van der Waals surface area contributed by atoms with Gasteiger partial charge in [0.15, 0.2) is 6.54 Å². The molecule has 1 atom stereocenters. The van der Waals surface area contributed by atoms with E-state index in [2.05, 4.69) is 20.5 Å². The summed E-state index contributed by atoms with van der Waals surface area (Å²) in [6.07, 6.45) is 0. The summed E-state index contributed by atoms with van der Waals surface area (Å²) in [6.45, 7) is 2.46. The number of anilines is 1. The van der Waals surface area contributed by atoms with Crippen molar-refractivity contribution in [3.05, 3.63) is 58.6 Å². The van der Waals surface area contributed by atoms with Crippen molar-refractivity contribution in [1.82, 2.24) is 0 Å². The highest BCUT2D eigenvalue weighted by Gasteiger charge is 2.54. The first-order chi connectivity index (χ1) is 12.1. The molecule has 0 amide bonds. The van der Waals surface area contributed by atoms with Gasteiger partial charge in [-0.2, -0.15) is 4.90 Å². The summed E-state index contributed by atoms with van der Waals surface area (Å²) in [7, 11) is 1.64. The molecular weight excluding hydrogens is 464 g/mol. The number of aliphatic hydroxyl groups is 1.